The zero-order valence-corrected chi connectivity index (χ0v) is 37.6. The van der Waals surface area contributed by atoms with E-state index in [1.807, 2.05) is 0 Å². The van der Waals surface area contributed by atoms with Crippen LogP contribution in [0.25, 0.3) is 11.1 Å². The van der Waals surface area contributed by atoms with Crippen molar-refractivity contribution in [2.45, 2.75) is 105 Å². The third-order valence-corrected chi connectivity index (χ3v) is 18.7. The molecule has 0 nitrogen and oxygen atoms in total. The zero-order chi connectivity index (χ0) is 39.8. The predicted octanol–water partition coefficient (Wildman–Crippen LogP) is 7.31. The molecule has 2 aliphatic carbocycles. The van der Waals surface area contributed by atoms with Crippen molar-refractivity contribution in [3.05, 3.63) is 144 Å². The van der Waals surface area contributed by atoms with E-state index >= 15 is 0 Å². The van der Waals surface area contributed by atoms with Crippen molar-refractivity contribution in [1.82, 2.24) is 0 Å². The van der Waals surface area contributed by atoms with Gasteiger partial charge in [0.1, 0.15) is 0 Å². The molecule has 2 aliphatic rings. The number of fused-ring (bicyclic) bond motifs is 3. The molecule has 1 atom stereocenters. The number of hydrogen-bond acceptors (Lipinski definition) is 0. The fourth-order valence-electron chi connectivity index (χ4n) is 7.63. The topological polar surface area (TPSA) is 0 Å². The first-order chi connectivity index (χ1) is 24.9. The minimum Gasteiger partial charge on any atom is -1.00 e. The maximum atomic E-state index is 13.9. The maximum absolute atomic E-state index is 13.9. The fourth-order valence-corrected chi connectivity index (χ4v) is 16.4. The summed E-state index contributed by atoms with van der Waals surface area (Å²) in [5.41, 5.74) is 7.76. The van der Waals surface area contributed by atoms with Crippen molar-refractivity contribution in [2.24, 2.45) is 11.3 Å². The average Bonchev–Trinajstić information content (AvgIpc) is 3.67. The smallest absolute Gasteiger partial charge is 1.00 e. The van der Waals surface area contributed by atoms with Gasteiger partial charge in [0.25, 0.3) is 0 Å². The monoisotopic (exact) mass is 888 g/mol. The second kappa shape index (κ2) is 16.1. The van der Waals surface area contributed by atoms with Gasteiger partial charge in [-0.05, 0) is 0 Å². The quantitative estimate of drug-likeness (QED) is 0.163. The Bertz CT molecular complexity index is 2120. The van der Waals surface area contributed by atoms with Crippen molar-refractivity contribution in [1.29, 1.82) is 0 Å². The van der Waals surface area contributed by atoms with Crippen LogP contribution in [0.4, 0.5) is 26.3 Å². The Hall–Kier alpha value is -2.73. The summed E-state index contributed by atoms with van der Waals surface area (Å²) in [4.78, 5) is 0. The molecule has 0 bridgehead atoms. The van der Waals surface area contributed by atoms with Crippen LogP contribution in [0, 0.1) is 11.3 Å². The minimum atomic E-state index is -4.53. The first-order valence-corrected chi connectivity index (χ1v) is 22.4. The van der Waals surface area contributed by atoms with Gasteiger partial charge in [-0.25, -0.2) is 0 Å². The average molecular weight is 891 g/mol. The van der Waals surface area contributed by atoms with Gasteiger partial charge in [0, 0.05) is 0 Å². The van der Waals surface area contributed by atoms with Crippen LogP contribution in [0.1, 0.15) is 120 Å². The summed E-state index contributed by atoms with van der Waals surface area (Å²) in [5, 5.41) is 0. The fraction of sp³-hybridized carbons (Fsp3) is 0.383. The summed E-state index contributed by atoms with van der Waals surface area (Å²) in [7, 11) is 0. The Morgan fingerprint density at radius 1 is 0.589 bits per heavy atom. The maximum Gasteiger partial charge on any atom is -1.00 e. The molecule has 4 aromatic carbocycles. The molecule has 0 amide bonds. The number of halogens is 8. The molecule has 4 aromatic rings. The van der Waals surface area contributed by atoms with Gasteiger partial charge in [0.05, 0.1) is 0 Å². The Kier molecular flexibility index (Phi) is 13.2. The van der Waals surface area contributed by atoms with E-state index in [0.717, 1.165) is 45.9 Å². The molecule has 298 valence electrons. The number of rotatable bonds is 5. The standard InChI is InChI=1S/C21H25.C15H8F6.C11H17.2ClH.Zr/c1-20(2,3)16-9-7-14-11-15-8-10-17(21(4,5)6)13-19(15)18(14)12-16;16-14(17,18)12-5-1-10(2-6-12)9-11-3-7-13(8-4-11)15(19,20)21;1-5-9-6-7-10(8-9)11(2,3)4;;;/h7,9-10,12-13H,11H2,1-6H3;1-8H;7-9H,5H2,1-4H3;2*1H;/q;;;;;+2/p-2. The van der Waals surface area contributed by atoms with Crippen LogP contribution in [0.15, 0.2) is 99.9 Å². The van der Waals surface area contributed by atoms with E-state index in [-0.39, 0.29) is 47.0 Å². The Morgan fingerprint density at radius 3 is 1.48 bits per heavy atom. The molecule has 9 heteroatoms. The number of hydrogen-bond donors (Lipinski definition) is 0. The molecule has 0 aliphatic heterocycles. The summed E-state index contributed by atoms with van der Waals surface area (Å²) in [6, 6.07) is 22.0. The third kappa shape index (κ3) is 9.26. The molecule has 0 saturated carbocycles. The molecule has 0 heterocycles. The van der Waals surface area contributed by atoms with Crippen molar-refractivity contribution in [3.8, 4) is 11.1 Å². The summed E-state index contributed by atoms with van der Waals surface area (Å²) in [5.74, 6) is 0.0951. The summed E-state index contributed by atoms with van der Waals surface area (Å²) in [6.45, 7) is 21.9. The van der Waals surface area contributed by atoms with E-state index < -0.39 is 44.7 Å². The third-order valence-electron chi connectivity index (χ3n) is 11.0. The molecule has 56 heavy (non-hydrogen) atoms. The van der Waals surface area contributed by atoms with E-state index in [1.165, 1.54) is 64.2 Å². The van der Waals surface area contributed by atoms with E-state index in [0.29, 0.717) is 11.1 Å². The van der Waals surface area contributed by atoms with Gasteiger partial charge in [0.15, 0.2) is 0 Å². The van der Waals surface area contributed by atoms with Gasteiger partial charge >= 0.3 is 326 Å². The molecule has 1 unspecified atom stereocenters. The van der Waals surface area contributed by atoms with Crippen LogP contribution >= 0.6 is 0 Å². The molecule has 0 spiro atoms. The van der Waals surface area contributed by atoms with E-state index in [2.05, 4.69) is 112 Å². The van der Waals surface area contributed by atoms with Crippen molar-refractivity contribution in [2.75, 3.05) is 0 Å². The first-order valence-electron chi connectivity index (χ1n) is 18.7. The molecule has 0 aromatic heterocycles. The Balaban J connectivity index is 0.00000348. The van der Waals surface area contributed by atoms with Gasteiger partial charge in [-0.2, -0.15) is 0 Å². The summed E-state index contributed by atoms with van der Waals surface area (Å²) >= 11 is -3.59. The Morgan fingerprint density at radius 2 is 1.05 bits per heavy atom. The second-order valence-electron chi connectivity index (χ2n) is 18.0. The van der Waals surface area contributed by atoms with Gasteiger partial charge in [-0.1, -0.05) is 0 Å². The van der Waals surface area contributed by atoms with Crippen molar-refractivity contribution in [3.63, 3.8) is 0 Å². The normalized spacial score (nSPS) is 15.4. The van der Waals surface area contributed by atoms with E-state index in [4.69, 9.17) is 0 Å². The van der Waals surface area contributed by atoms with Crippen molar-refractivity contribution >= 4 is 6.48 Å². The molecular formula is C47H50Cl2F6Zr. The largest absolute Gasteiger partial charge is 1.00 e. The van der Waals surface area contributed by atoms with Crippen LogP contribution in [0.5, 0.6) is 0 Å². The first kappa shape index (κ1) is 46.0. The second-order valence-corrected chi connectivity index (χ2v) is 23.8. The van der Waals surface area contributed by atoms with Crippen LogP contribution < -0.4 is 28.1 Å². The van der Waals surface area contributed by atoms with Gasteiger partial charge in [-0.3, -0.25) is 0 Å². The summed E-state index contributed by atoms with van der Waals surface area (Å²) in [6.07, 6.45) is -2.81. The van der Waals surface area contributed by atoms with E-state index in [9.17, 15) is 26.3 Å². The van der Waals surface area contributed by atoms with Crippen LogP contribution in [-0.4, -0.2) is 3.21 Å². The van der Waals surface area contributed by atoms with Crippen LogP contribution in [-0.2, 0) is 50.9 Å². The molecule has 0 fully saturated rings. The van der Waals surface area contributed by atoms with Gasteiger partial charge < -0.3 is 24.8 Å². The SMILES string of the molecule is CCC1C=C(C(C)(C)C)C=[C]1[Zr+2](=[C](c1ccc(C(F)(F)F)cc1)c1ccc(C(F)(F)F)cc1)[c]1cc(C(C)(C)C)cc2c1Cc1ccc(C(C)(C)C)cc1-2.[Cl-].[Cl-]. The van der Waals surface area contributed by atoms with E-state index in [1.54, 1.807) is 0 Å². The number of benzene rings is 4. The zero-order valence-electron chi connectivity index (χ0n) is 33.7. The van der Waals surface area contributed by atoms with Crippen LogP contribution in [0.3, 0.4) is 0 Å². The molecule has 0 saturated heterocycles. The summed E-state index contributed by atoms with van der Waals surface area (Å²) < 4.78 is 87.1. The molecule has 0 N–H and O–H groups in total. The Labute approximate surface area is 348 Å². The van der Waals surface area contributed by atoms with Gasteiger partial charge in [-0.15, -0.1) is 0 Å². The molecule has 0 radical (unpaired) electrons. The predicted molar refractivity (Wildman–Crippen MR) is 207 cm³/mol. The molecule has 6 rings (SSSR count). The number of allylic oxidation sites excluding steroid dienone is 4. The van der Waals surface area contributed by atoms with Crippen molar-refractivity contribution < 1.29 is 72.4 Å². The molecular weight excluding hydrogens is 841 g/mol. The number of alkyl halides is 6. The van der Waals surface area contributed by atoms with Crippen LogP contribution in [0.2, 0.25) is 0 Å². The van der Waals surface area contributed by atoms with Gasteiger partial charge in [0.2, 0.25) is 0 Å². The minimum absolute atomic E-state index is 0.